The number of benzene rings is 1. The number of nitro benzene ring substituents is 1. The molecule has 8 nitrogen and oxygen atoms in total. The fourth-order valence-electron chi connectivity index (χ4n) is 2.16. The van der Waals surface area contributed by atoms with Gasteiger partial charge in [0.25, 0.3) is 5.69 Å². The second-order valence-electron chi connectivity index (χ2n) is 4.70. The molecule has 1 saturated heterocycles. The quantitative estimate of drug-likeness (QED) is 0.621. The first-order valence-corrected chi connectivity index (χ1v) is 7.98. The summed E-state index contributed by atoms with van der Waals surface area (Å²) in [6, 6.07) is 3.45. The maximum Gasteiger partial charge on any atom is 0.271 e. The van der Waals surface area contributed by atoms with Gasteiger partial charge in [0.1, 0.15) is 4.90 Å². The second-order valence-corrected chi connectivity index (χ2v) is 6.38. The van der Waals surface area contributed by atoms with Crippen molar-refractivity contribution < 1.29 is 18.1 Å². The molecule has 2 rings (SSSR count). The smallest absolute Gasteiger partial charge is 0.271 e. The Labute approximate surface area is 122 Å². The van der Waals surface area contributed by atoms with E-state index < -0.39 is 14.9 Å². The predicted molar refractivity (Wildman–Crippen MR) is 76.8 cm³/mol. The normalized spacial score (nSPS) is 16.6. The number of non-ortho nitro benzene ring substituents is 1. The molecule has 0 aromatic heterocycles. The van der Waals surface area contributed by atoms with E-state index in [2.05, 4.69) is 10.0 Å². The maximum absolute atomic E-state index is 12.4. The molecule has 0 spiro atoms. The number of nitrogens with zero attached hydrogens (tertiary/aromatic N) is 1. The van der Waals surface area contributed by atoms with Crippen LogP contribution in [0.3, 0.4) is 0 Å². The number of hydrogen-bond acceptors (Lipinski definition) is 6. The minimum absolute atomic E-state index is 0.00194. The highest BCUT2D eigenvalue weighted by Crippen LogP contribution is 2.26. The summed E-state index contributed by atoms with van der Waals surface area (Å²) in [5.74, 6) is 0. The maximum atomic E-state index is 12.4. The van der Waals surface area contributed by atoms with Crippen molar-refractivity contribution in [3.8, 4) is 0 Å². The molecule has 0 atom stereocenters. The molecule has 2 N–H and O–H groups in total. The number of nitrogens with one attached hydrogen (secondary N) is 2. The first-order chi connectivity index (χ1) is 9.94. The summed E-state index contributed by atoms with van der Waals surface area (Å²) in [4.78, 5) is 10.2. The molecule has 1 fully saturated rings. The van der Waals surface area contributed by atoms with Crippen molar-refractivity contribution in [2.75, 3.05) is 25.6 Å². The Morgan fingerprint density at radius 3 is 2.57 bits per heavy atom. The third-order valence-corrected chi connectivity index (χ3v) is 4.85. The summed E-state index contributed by atoms with van der Waals surface area (Å²) >= 11 is 0. The Hall–Kier alpha value is -1.71. The number of sulfonamides is 1. The van der Waals surface area contributed by atoms with Crippen LogP contribution in [-0.2, 0) is 14.8 Å². The van der Waals surface area contributed by atoms with Crippen molar-refractivity contribution in [2.45, 2.75) is 23.8 Å². The largest absolute Gasteiger partial charge is 0.387 e. The molecule has 21 heavy (non-hydrogen) atoms. The van der Waals surface area contributed by atoms with Crippen LogP contribution in [-0.4, -0.2) is 39.6 Å². The van der Waals surface area contributed by atoms with Gasteiger partial charge in [-0.25, -0.2) is 13.1 Å². The van der Waals surface area contributed by atoms with Crippen LogP contribution in [0.5, 0.6) is 0 Å². The zero-order valence-corrected chi connectivity index (χ0v) is 12.4. The van der Waals surface area contributed by atoms with E-state index in [1.54, 1.807) is 0 Å². The second kappa shape index (κ2) is 6.37. The van der Waals surface area contributed by atoms with Crippen LogP contribution in [0.25, 0.3) is 0 Å². The monoisotopic (exact) mass is 315 g/mol. The summed E-state index contributed by atoms with van der Waals surface area (Å²) in [6.07, 6.45) is 1.22. The van der Waals surface area contributed by atoms with Crippen molar-refractivity contribution >= 4 is 21.4 Å². The Kier molecular flexibility index (Phi) is 4.76. The van der Waals surface area contributed by atoms with Crippen LogP contribution in [0.15, 0.2) is 23.1 Å². The van der Waals surface area contributed by atoms with Gasteiger partial charge in [-0.2, -0.15) is 0 Å². The Morgan fingerprint density at radius 1 is 1.33 bits per heavy atom. The topological polar surface area (TPSA) is 111 Å². The van der Waals surface area contributed by atoms with E-state index in [9.17, 15) is 18.5 Å². The van der Waals surface area contributed by atoms with Gasteiger partial charge in [0, 0.05) is 38.4 Å². The van der Waals surface area contributed by atoms with Gasteiger partial charge >= 0.3 is 0 Å². The van der Waals surface area contributed by atoms with Gasteiger partial charge in [0.2, 0.25) is 10.0 Å². The minimum Gasteiger partial charge on any atom is -0.387 e. The van der Waals surface area contributed by atoms with Crippen LogP contribution in [0.1, 0.15) is 12.8 Å². The van der Waals surface area contributed by atoms with E-state index in [0.29, 0.717) is 26.1 Å². The lowest BCUT2D eigenvalue weighted by molar-refractivity contribution is -0.384. The molecule has 0 aliphatic carbocycles. The first kappa shape index (κ1) is 15.7. The van der Waals surface area contributed by atoms with Crippen LogP contribution in [0.4, 0.5) is 11.4 Å². The molecule has 0 saturated carbocycles. The highest BCUT2D eigenvalue weighted by atomic mass is 32.2. The Morgan fingerprint density at radius 2 is 2.00 bits per heavy atom. The molecule has 1 aromatic rings. The van der Waals surface area contributed by atoms with E-state index in [-0.39, 0.29) is 22.3 Å². The summed E-state index contributed by atoms with van der Waals surface area (Å²) in [6.45, 7) is 1.04. The van der Waals surface area contributed by atoms with Crippen LogP contribution < -0.4 is 10.0 Å². The van der Waals surface area contributed by atoms with Crippen LogP contribution >= 0.6 is 0 Å². The number of nitro groups is 1. The van der Waals surface area contributed by atoms with Crippen molar-refractivity contribution in [1.29, 1.82) is 0 Å². The summed E-state index contributed by atoms with van der Waals surface area (Å²) in [7, 11) is -2.22. The van der Waals surface area contributed by atoms with E-state index in [1.165, 1.54) is 25.2 Å². The minimum atomic E-state index is -3.74. The molecule has 0 radical (unpaired) electrons. The Balaban J connectivity index is 2.28. The van der Waals surface area contributed by atoms with Gasteiger partial charge in [-0.15, -0.1) is 0 Å². The number of ether oxygens (including phenoxy) is 1. The molecule has 0 bridgehead atoms. The van der Waals surface area contributed by atoms with Gasteiger partial charge in [0.05, 0.1) is 10.6 Å². The predicted octanol–water partition coefficient (Wildman–Crippen LogP) is 1.09. The highest BCUT2D eigenvalue weighted by Gasteiger charge is 2.25. The molecule has 0 amide bonds. The van der Waals surface area contributed by atoms with E-state index in [0.717, 1.165) is 0 Å². The van der Waals surface area contributed by atoms with Gasteiger partial charge < -0.3 is 10.1 Å². The van der Waals surface area contributed by atoms with Gasteiger partial charge in [-0.1, -0.05) is 0 Å². The summed E-state index contributed by atoms with van der Waals surface area (Å²) in [5, 5.41) is 13.4. The van der Waals surface area contributed by atoms with Crippen LogP contribution in [0, 0.1) is 10.1 Å². The van der Waals surface area contributed by atoms with Crippen molar-refractivity contribution in [1.82, 2.24) is 4.72 Å². The van der Waals surface area contributed by atoms with E-state index >= 15 is 0 Å². The lowest BCUT2D eigenvalue weighted by atomic mass is 10.1. The first-order valence-electron chi connectivity index (χ1n) is 6.50. The molecular formula is C12H17N3O5S. The third kappa shape index (κ3) is 3.69. The van der Waals surface area contributed by atoms with Crippen molar-refractivity contribution in [2.24, 2.45) is 0 Å². The summed E-state index contributed by atoms with van der Waals surface area (Å²) < 4.78 is 32.6. The van der Waals surface area contributed by atoms with E-state index in [4.69, 9.17) is 4.74 Å². The highest BCUT2D eigenvalue weighted by molar-refractivity contribution is 7.89. The van der Waals surface area contributed by atoms with Gasteiger partial charge in [-0.3, -0.25) is 10.1 Å². The fourth-order valence-corrected chi connectivity index (χ4v) is 3.66. The molecule has 1 aromatic carbocycles. The number of anilines is 1. The lowest BCUT2D eigenvalue weighted by Crippen LogP contribution is -2.39. The zero-order valence-electron chi connectivity index (χ0n) is 11.5. The third-order valence-electron chi connectivity index (χ3n) is 3.28. The Bertz CT molecular complexity index is 626. The van der Waals surface area contributed by atoms with Gasteiger partial charge in [-0.05, 0) is 18.9 Å². The van der Waals surface area contributed by atoms with Crippen LogP contribution in [0.2, 0.25) is 0 Å². The fraction of sp³-hybridized carbons (Fsp3) is 0.500. The molecule has 1 aliphatic heterocycles. The zero-order chi connectivity index (χ0) is 15.5. The van der Waals surface area contributed by atoms with Crippen molar-refractivity contribution in [3.63, 3.8) is 0 Å². The molecule has 9 heteroatoms. The van der Waals surface area contributed by atoms with Gasteiger partial charge in [0.15, 0.2) is 0 Å². The molecular weight excluding hydrogens is 298 g/mol. The molecule has 1 heterocycles. The lowest BCUT2D eigenvalue weighted by Gasteiger charge is -2.23. The number of rotatable bonds is 5. The number of hydrogen-bond donors (Lipinski definition) is 2. The van der Waals surface area contributed by atoms with Crippen molar-refractivity contribution in [3.05, 3.63) is 28.3 Å². The average Bonchev–Trinajstić information content (AvgIpc) is 2.47. The summed E-state index contributed by atoms with van der Waals surface area (Å²) in [5.41, 5.74) is 0.0353. The molecule has 0 unspecified atom stereocenters. The SMILES string of the molecule is CNc1cc([N+](=O)[O-])ccc1S(=O)(=O)NC1CCOCC1. The van der Waals surface area contributed by atoms with E-state index in [1.807, 2.05) is 0 Å². The molecule has 116 valence electrons. The standard InChI is InChI=1S/C12H17N3O5S/c1-13-11-8-10(15(16)17)2-3-12(11)21(18,19)14-9-4-6-20-7-5-9/h2-3,8-9,13-14H,4-7H2,1H3. The molecule has 1 aliphatic rings. The average molecular weight is 315 g/mol.